The number of hydrogen-bond donors (Lipinski definition) is 0. The van der Waals surface area contributed by atoms with Gasteiger partial charge >= 0.3 is 0 Å². The Kier molecular flexibility index (Phi) is 3.08. The number of halogens is 2. The highest BCUT2D eigenvalue weighted by Gasteiger charge is 2.16. The molecule has 0 N–H and O–H groups in total. The maximum Gasteiger partial charge on any atom is 0.129 e. The molecule has 0 atom stereocenters. The van der Waals surface area contributed by atoms with Crippen LogP contribution in [0.15, 0.2) is 24.5 Å². The molecule has 0 radical (unpaired) electrons. The summed E-state index contributed by atoms with van der Waals surface area (Å²) in [7, 11) is 0. The van der Waals surface area contributed by atoms with Crippen molar-refractivity contribution in [3.63, 3.8) is 0 Å². The highest BCUT2D eigenvalue weighted by atomic mass is 35.5. The molecule has 2 nitrogen and oxygen atoms in total. The average molecular weight is 265 g/mol. The Balaban J connectivity index is 1.95. The van der Waals surface area contributed by atoms with Crippen molar-refractivity contribution >= 4 is 11.6 Å². The van der Waals surface area contributed by atoms with Crippen LogP contribution in [-0.4, -0.2) is 9.55 Å². The fourth-order valence-corrected chi connectivity index (χ4v) is 2.74. The normalized spacial score (nSPS) is 14.6. The predicted molar refractivity (Wildman–Crippen MR) is 69.4 cm³/mol. The third kappa shape index (κ3) is 2.03. The van der Waals surface area contributed by atoms with Crippen molar-refractivity contribution in [2.75, 3.05) is 0 Å². The molecule has 0 spiro atoms. The molecule has 0 amide bonds. The van der Waals surface area contributed by atoms with Crippen LogP contribution in [0.4, 0.5) is 4.39 Å². The van der Waals surface area contributed by atoms with Crippen molar-refractivity contribution in [3.8, 4) is 0 Å². The van der Waals surface area contributed by atoms with Crippen molar-refractivity contribution in [2.45, 2.75) is 32.2 Å². The van der Waals surface area contributed by atoms with E-state index < -0.39 is 0 Å². The molecule has 0 saturated heterocycles. The van der Waals surface area contributed by atoms with Gasteiger partial charge in [-0.25, -0.2) is 9.37 Å². The Morgan fingerprint density at radius 3 is 2.94 bits per heavy atom. The van der Waals surface area contributed by atoms with E-state index in [9.17, 15) is 4.39 Å². The second-order valence-electron chi connectivity index (χ2n) is 4.67. The number of benzene rings is 1. The number of nitrogens with zero attached hydrogens (tertiary/aromatic N) is 2. The molecule has 0 bridgehead atoms. The molecule has 2 aromatic rings. The molecule has 3 rings (SSSR count). The van der Waals surface area contributed by atoms with E-state index in [1.807, 2.05) is 4.57 Å². The summed E-state index contributed by atoms with van der Waals surface area (Å²) < 4.78 is 15.8. The van der Waals surface area contributed by atoms with Crippen molar-refractivity contribution < 1.29 is 4.39 Å². The standard InChI is InChI=1S/C14H14ClFN2/c15-11-4-3-5-12(16)10(11)8-18-9-17-13-6-1-2-7-14(13)18/h3-5,9H,1-2,6-8H2. The van der Waals surface area contributed by atoms with Crippen molar-refractivity contribution in [1.29, 1.82) is 0 Å². The highest BCUT2D eigenvalue weighted by molar-refractivity contribution is 6.31. The lowest BCUT2D eigenvalue weighted by atomic mass is 10.0. The lowest BCUT2D eigenvalue weighted by Gasteiger charge is -2.14. The second-order valence-corrected chi connectivity index (χ2v) is 5.08. The van der Waals surface area contributed by atoms with E-state index >= 15 is 0 Å². The van der Waals surface area contributed by atoms with E-state index in [-0.39, 0.29) is 5.82 Å². The Bertz CT molecular complexity index is 557. The summed E-state index contributed by atoms with van der Waals surface area (Å²) in [5.74, 6) is -0.249. The summed E-state index contributed by atoms with van der Waals surface area (Å²) in [6.45, 7) is 0.466. The first-order valence-electron chi connectivity index (χ1n) is 6.21. The van der Waals surface area contributed by atoms with Gasteiger partial charge in [0.1, 0.15) is 5.82 Å². The molecule has 94 valence electrons. The smallest absolute Gasteiger partial charge is 0.129 e. The summed E-state index contributed by atoms with van der Waals surface area (Å²) in [5, 5.41) is 0.480. The third-order valence-electron chi connectivity index (χ3n) is 3.50. The van der Waals surface area contributed by atoms with Gasteiger partial charge in [-0.1, -0.05) is 17.7 Å². The van der Waals surface area contributed by atoms with Gasteiger partial charge in [-0.15, -0.1) is 0 Å². The largest absolute Gasteiger partial charge is 0.330 e. The van der Waals surface area contributed by atoms with Gasteiger partial charge in [0.05, 0.1) is 18.6 Å². The molecule has 0 fully saturated rings. The van der Waals surface area contributed by atoms with Crippen LogP contribution in [0.5, 0.6) is 0 Å². The number of hydrogen-bond acceptors (Lipinski definition) is 1. The van der Waals surface area contributed by atoms with Crippen molar-refractivity contribution in [2.24, 2.45) is 0 Å². The molecule has 1 aromatic carbocycles. The van der Waals surface area contributed by atoms with Gasteiger partial charge in [-0.3, -0.25) is 0 Å². The van der Waals surface area contributed by atoms with Crippen molar-refractivity contribution in [3.05, 3.63) is 52.3 Å². The Hall–Kier alpha value is -1.35. The molecule has 4 heteroatoms. The van der Waals surface area contributed by atoms with E-state index in [0.717, 1.165) is 18.5 Å². The molecule has 1 aliphatic rings. The van der Waals surface area contributed by atoms with Crippen LogP contribution in [0.3, 0.4) is 0 Å². The maximum atomic E-state index is 13.8. The SMILES string of the molecule is Fc1cccc(Cl)c1Cn1cnc2c1CCCC2. The molecule has 1 aromatic heterocycles. The minimum atomic E-state index is -0.249. The number of fused-ring (bicyclic) bond motifs is 1. The molecular formula is C14H14ClFN2. The number of rotatable bonds is 2. The quantitative estimate of drug-likeness (QED) is 0.810. The lowest BCUT2D eigenvalue weighted by molar-refractivity contribution is 0.585. The van der Waals surface area contributed by atoms with E-state index in [4.69, 9.17) is 11.6 Å². The zero-order valence-electron chi connectivity index (χ0n) is 10.00. The number of aryl methyl sites for hydroxylation is 1. The molecule has 1 heterocycles. The van der Waals surface area contributed by atoms with Gasteiger partial charge < -0.3 is 4.57 Å². The lowest BCUT2D eigenvalue weighted by Crippen LogP contribution is -2.10. The van der Waals surface area contributed by atoms with Crippen LogP contribution >= 0.6 is 11.6 Å². The Morgan fingerprint density at radius 1 is 1.28 bits per heavy atom. The molecule has 0 unspecified atom stereocenters. The van der Waals surface area contributed by atoms with Gasteiger partial charge in [0.2, 0.25) is 0 Å². The predicted octanol–water partition coefficient (Wildman–Crippen LogP) is 3.60. The topological polar surface area (TPSA) is 17.8 Å². The maximum absolute atomic E-state index is 13.8. The summed E-state index contributed by atoms with van der Waals surface area (Å²) >= 11 is 6.06. The van der Waals surface area contributed by atoms with Gasteiger partial charge in [0.25, 0.3) is 0 Å². The summed E-state index contributed by atoms with van der Waals surface area (Å²) in [5.41, 5.74) is 2.94. The van der Waals surface area contributed by atoms with Crippen LogP contribution in [0, 0.1) is 5.82 Å². The first-order valence-corrected chi connectivity index (χ1v) is 6.59. The molecule has 0 aliphatic heterocycles. The molecule has 18 heavy (non-hydrogen) atoms. The zero-order valence-corrected chi connectivity index (χ0v) is 10.8. The van der Waals surface area contributed by atoms with E-state index in [1.165, 1.54) is 24.6 Å². The second kappa shape index (κ2) is 4.73. The first-order chi connectivity index (χ1) is 8.75. The van der Waals surface area contributed by atoms with E-state index in [0.29, 0.717) is 17.1 Å². The van der Waals surface area contributed by atoms with Crippen molar-refractivity contribution in [1.82, 2.24) is 9.55 Å². The monoisotopic (exact) mass is 264 g/mol. The van der Waals surface area contributed by atoms with Crippen LogP contribution in [0.25, 0.3) is 0 Å². The van der Waals surface area contributed by atoms with E-state index in [2.05, 4.69) is 4.98 Å². The summed E-state index contributed by atoms with van der Waals surface area (Å²) in [4.78, 5) is 4.41. The van der Waals surface area contributed by atoms with Gasteiger partial charge in [-0.05, 0) is 37.8 Å². The Morgan fingerprint density at radius 2 is 2.11 bits per heavy atom. The number of imidazole rings is 1. The molecule has 1 aliphatic carbocycles. The van der Waals surface area contributed by atoms with Crippen LogP contribution in [-0.2, 0) is 19.4 Å². The van der Waals surface area contributed by atoms with Crippen LogP contribution in [0.2, 0.25) is 5.02 Å². The van der Waals surface area contributed by atoms with Gasteiger partial charge in [-0.2, -0.15) is 0 Å². The molecular weight excluding hydrogens is 251 g/mol. The number of aromatic nitrogens is 2. The highest BCUT2D eigenvalue weighted by Crippen LogP contribution is 2.24. The summed E-state index contributed by atoms with van der Waals surface area (Å²) in [6.07, 6.45) is 6.25. The Labute approximate surface area is 110 Å². The summed E-state index contributed by atoms with van der Waals surface area (Å²) in [6, 6.07) is 4.80. The fourth-order valence-electron chi connectivity index (χ4n) is 2.52. The van der Waals surface area contributed by atoms with Gasteiger partial charge in [0.15, 0.2) is 0 Å². The average Bonchev–Trinajstić information content (AvgIpc) is 2.77. The van der Waals surface area contributed by atoms with Gasteiger partial charge in [0, 0.05) is 16.3 Å². The minimum Gasteiger partial charge on any atom is -0.330 e. The fraction of sp³-hybridized carbons (Fsp3) is 0.357. The third-order valence-corrected chi connectivity index (χ3v) is 3.85. The van der Waals surface area contributed by atoms with E-state index in [1.54, 1.807) is 18.5 Å². The molecule has 0 saturated carbocycles. The minimum absolute atomic E-state index is 0.249. The van der Waals surface area contributed by atoms with Crippen LogP contribution in [0.1, 0.15) is 29.8 Å². The first kappa shape index (κ1) is 11.7. The zero-order chi connectivity index (χ0) is 12.5. The van der Waals surface area contributed by atoms with Crippen LogP contribution < -0.4 is 0 Å².